The van der Waals surface area contributed by atoms with Gasteiger partial charge in [0.25, 0.3) is 5.91 Å². The number of nitrogens with two attached hydrogens (primary N) is 2. The van der Waals surface area contributed by atoms with Crippen LogP contribution >= 0.6 is 12.4 Å². The lowest BCUT2D eigenvalue weighted by molar-refractivity contribution is -0.123. The molecule has 1 aromatic rings. The van der Waals surface area contributed by atoms with E-state index in [1.54, 1.807) is 18.2 Å². The molecule has 0 saturated carbocycles. The number of benzene rings is 1. The van der Waals surface area contributed by atoms with Crippen LogP contribution in [0.15, 0.2) is 18.2 Å². The van der Waals surface area contributed by atoms with Gasteiger partial charge in [0, 0.05) is 6.54 Å². The third-order valence-corrected chi connectivity index (χ3v) is 3.09. The molecule has 5 N–H and O–H groups in total. The van der Waals surface area contributed by atoms with Crippen molar-refractivity contribution in [1.82, 2.24) is 5.32 Å². The fourth-order valence-corrected chi connectivity index (χ4v) is 1.70. The molecule has 0 aliphatic carbocycles. The first-order valence-electron chi connectivity index (χ1n) is 6.96. The van der Waals surface area contributed by atoms with Gasteiger partial charge in [-0.15, -0.1) is 12.4 Å². The second kappa shape index (κ2) is 9.91. The molecule has 1 rings (SSSR count). The van der Waals surface area contributed by atoms with Crippen LogP contribution < -0.4 is 26.3 Å². The van der Waals surface area contributed by atoms with Gasteiger partial charge in [-0.25, -0.2) is 0 Å². The van der Waals surface area contributed by atoms with Crippen LogP contribution in [-0.2, 0) is 16.1 Å². The molecule has 2 amide bonds. The van der Waals surface area contributed by atoms with E-state index in [1.807, 2.05) is 13.8 Å². The first kappa shape index (κ1) is 21.0. The molecule has 1 atom stereocenters. The Morgan fingerprint density at radius 1 is 1.26 bits per heavy atom. The highest BCUT2D eigenvalue weighted by Crippen LogP contribution is 2.27. The Morgan fingerprint density at radius 3 is 2.43 bits per heavy atom. The van der Waals surface area contributed by atoms with Crippen molar-refractivity contribution in [1.29, 1.82) is 0 Å². The molecular formula is C15H24ClN3O4. The molecule has 23 heavy (non-hydrogen) atoms. The number of hydrogen-bond acceptors (Lipinski definition) is 5. The molecule has 0 aliphatic rings. The predicted octanol–water partition coefficient (Wildman–Crippen LogP) is 0.581. The fraction of sp³-hybridized carbons (Fsp3) is 0.467. The van der Waals surface area contributed by atoms with Crippen LogP contribution in [0.3, 0.4) is 0 Å². The second-order valence-electron chi connectivity index (χ2n) is 5.23. The van der Waals surface area contributed by atoms with Gasteiger partial charge < -0.3 is 26.3 Å². The molecule has 1 aromatic carbocycles. The van der Waals surface area contributed by atoms with Crippen LogP contribution in [0.4, 0.5) is 0 Å². The van der Waals surface area contributed by atoms with Gasteiger partial charge >= 0.3 is 0 Å². The summed E-state index contributed by atoms with van der Waals surface area (Å²) in [6.07, 6.45) is 0. The van der Waals surface area contributed by atoms with Crippen molar-refractivity contribution in [3.05, 3.63) is 23.8 Å². The summed E-state index contributed by atoms with van der Waals surface area (Å²) < 4.78 is 10.4. The number of carbonyl (C=O) groups is 2. The summed E-state index contributed by atoms with van der Waals surface area (Å²) in [5.74, 6) is 0.166. The zero-order valence-electron chi connectivity index (χ0n) is 13.5. The van der Waals surface area contributed by atoms with Crippen LogP contribution in [0.25, 0.3) is 0 Å². The molecule has 0 aromatic heterocycles. The molecule has 0 spiro atoms. The monoisotopic (exact) mass is 345 g/mol. The smallest absolute Gasteiger partial charge is 0.255 e. The average Bonchev–Trinajstić information content (AvgIpc) is 2.49. The summed E-state index contributed by atoms with van der Waals surface area (Å²) in [6, 6.07) is 4.60. The minimum Gasteiger partial charge on any atom is -0.493 e. The summed E-state index contributed by atoms with van der Waals surface area (Å²) in [5.41, 5.74) is 11.6. The standard InChI is InChI=1S/C15H23N3O4.ClH/c1-9(2)14(17)15(20)18-7-10-4-5-11(12(6-10)21-3)22-8-13(16)19;/h4-6,9,14H,7-8,17H2,1-3H3,(H2,16,19)(H,18,20);1H/t14-;/m0./s1. The number of primary amides is 1. The maximum Gasteiger partial charge on any atom is 0.255 e. The lowest BCUT2D eigenvalue weighted by Crippen LogP contribution is -2.43. The first-order chi connectivity index (χ1) is 10.3. The highest BCUT2D eigenvalue weighted by atomic mass is 35.5. The number of carbonyl (C=O) groups excluding carboxylic acids is 2. The zero-order valence-corrected chi connectivity index (χ0v) is 14.3. The van der Waals surface area contributed by atoms with Crippen molar-refractivity contribution in [3.63, 3.8) is 0 Å². The Morgan fingerprint density at radius 2 is 1.91 bits per heavy atom. The lowest BCUT2D eigenvalue weighted by atomic mass is 10.0. The molecule has 0 unspecified atom stereocenters. The Balaban J connectivity index is 0.00000484. The van der Waals surface area contributed by atoms with Crippen molar-refractivity contribution in [2.75, 3.05) is 13.7 Å². The number of halogens is 1. The van der Waals surface area contributed by atoms with Crippen molar-refractivity contribution < 1.29 is 19.1 Å². The molecule has 7 nitrogen and oxygen atoms in total. The molecule has 0 saturated heterocycles. The normalized spacial score (nSPS) is 11.3. The number of hydrogen-bond donors (Lipinski definition) is 3. The number of amides is 2. The summed E-state index contributed by atoms with van der Waals surface area (Å²) in [5, 5.41) is 2.77. The summed E-state index contributed by atoms with van der Waals surface area (Å²) in [4.78, 5) is 22.5. The van der Waals surface area contributed by atoms with Gasteiger partial charge in [-0.3, -0.25) is 9.59 Å². The van der Waals surface area contributed by atoms with Gasteiger partial charge in [0.15, 0.2) is 18.1 Å². The van der Waals surface area contributed by atoms with E-state index in [-0.39, 0.29) is 30.8 Å². The van der Waals surface area contributed by atoms with E-state index in [9.17, 15) is 9.59 Å². The first-order valence-corrected chi connectivity index (χ1v) is 6.96. The van der Waals surface area contributed by atoms with Crippen molar-refractivity contribution >= 4 is 24.2 Å². The van der Waals surface area contributed by atoms with Crippen molar-refractivity contribution in [3.8, 4) is 11.5 Å². The van der Waals surface area contributed by atoms with Gasteiger partial charge in [-0.2, -0.15) is 0 Å². The summed E-state index contributed by atoms with van der Waals surface area (Å²) in [6.45, 7) is 3.87. The fourth-order valence-electron chi connectivity index (χ4n) is 1.70. The Kier molecular flexibility index (Phi) is 9.05. The summed E-state index contributed by atoms with van der Waals surface area (Å²) in [7, 11) is 1.49. The molecule has 0 heterocycles. The molecule has 8 heteroatoms. The minimum atomic E-state index is -0.568. The van der Waals surface area contributed by atoms with E-state index in [0.717, 1.165) is 5.56 Å². The summed E-state index contributed by atoms with van der Waals surface area (Å²) >= 11 is 0. The highest BCUT2D eigenvalue weighted by Gasteiger charge is 2.16. The van der Waals surface area contributed by atoms with E-state index >= 15 is 0 Å². The Labute approximate surface area is 142 Å². The van der Waals surface area contributed by atoms with E-state index in [1.165, 1.54) is 7.11 Å². The van der Waals surface area contributed by atoms with Crippen LogP contribution in [0, 0.1) is 5.92 Å². The van der Waals surface area contributed by atoms with Gasteiger partial charge in [0.05, 0.1) is 13.2 Å². The van der Waals surface area contributed by atoms with E-state index in [2.05, 4.69) is 5.32 Å². The minimum absolute atomic E-state index is 0. The third-order valence-electron chi connectivity index (χ3n) is 3.09. The van der Waals surface area contributed by atoms with Gasteiger partial charge in [0.1, 0.15) is 0 Å². The SMILES string of the molecule is COc1cc(CNC(=O)[C@@H](N)C(C)C)ccc1OCC(N)=O.Cl. The molecule has 0 radical (unpaired) electrons. The third kappa shape index (κ3) is 6.75. The quantitative estimate of drug-likeness (QED) is 0.637. The molecule has 0 fully saturated rings. The Hall–Kier alpha value is -1.99. The van der Waals surface area contributed by atoms with Crippen molar-refractivity contribution in [2.24, 2.45) is 17.4 Å². The van der Waals surface area contributed by atoms with Crippen molar-refractivity contribution in [2.45, 2.75) is 26.4 Å². The molecule has 130 valence electrons. The van der Waals surface area contributed by atoms with Crippen LogP contribution in [0.5, 0.6) is 11.5 Å². The van der Waals surface area contributed by atoms with Gasteiger partial charge in [-0.1, -0.05) is 19.9 Å². The zero-order chi connectivity index (χ0) is 16.7. The lowest BCUT2D eigenvalue weighted by Gasteiger charge is -2.16. The van der Waals surface area contributed by atoms with Gasteiger partial charge in [-0.05, 0) is 23.6 Å². The Bertz CT molecular complexity index is 537. The number of nitrogens with one attached hydrogen (secondary N) is 1. The topological polar surface area (TPSA) is 117 Å². The van der Waals surface area contributed by atoms with E-state index in [4.69, 9.17) is 20.9 Å². The molecule has 0 bridgehead atoms. The highest BCUT2D eigenvalue weighted by molar-refractivity contribution is 5.85. The van der Waals surface area contributed by atoms with Gasteiger partial charge in [0.2, 0.25) is 5.91 Å². The maximum atomic E-state index is 11.8. The maximum absolute atomic E-state index is 11.8. The van der Waals surface area contributed by atoms with E-state index in [0.29, 0.717) is 18.0 Å². The van der Waals surface area contributed by atoms with Crippen LogP contribution in [-0.4, -0.2) is 31.6 Å². The largest absolute Gasteiger partial charge is 0.493 e. The average molecular weight is 346 g/mol. The van der Waals surface area contributed by atoms with Crippen LogP contribution in [0.2, 0.25) is 0 Å². The molecular weight excluding hydrogens is 322 g/mol. The number of rotatable bonds is 8. The van der Waals surface area contributed by atoms with Crippen LogP contribution in [0.1, 0.15) is 19.4 Å². The predicted molar refractivity (Wildman–Crippen MR) is 89.6 cm³/mol. The number of methoxy groups -OCH3 is 1. The second-order valence-corrected chi connectivity index (χ2v) is 5.23. The molecule has 0 aliphatic heterocycles. The number of ether oxygens (including phenoxy) is 2. The van der Waals surface area contributed by atoms with E-state index < -0.39 is 11.9 Å².